The molecule has 0 aliphatic heterocycles. The van der Waals surface area contributed by atoms with Gasteiger partial charge >= 0.3 is 0 Å². The van der Waals surface area contributed by atoms with Crippen molar-refractivity contribution in [1.29, 1.82) is 0 Å². The highest BCUT2D eigenvalue weighted by molar-refractivity contribution is 7.92. The van der Waals surface area contributed by atoms with Crippen LogP contribution in [0.25, 0.3) is 10.9 Å². The molecule has 0 fully saturated rings. The summed E-state index contributed by atoms with van der Waals surface area (Å²) in [5, 5.41) is 18.3. The van der Waals surface area contributed by atoms with E-state index in [2.05, 4.69) is 33.8 Å². The van der Waals surface area contributed by atoms with E-state index in [4.69, 9.17) is 5.73 Å². The number of nitrogens with zero attached hydrogens (tertiary/aromatic N) is 1. The zero-order valence-electron chi connectivity index (χ0n) is 24.4. The molecule has 6 N–H and O–H groups in total. The SMILES string of the molecule is CCC[C@H](N)C(=O)Nc1ccc2c(ccn2CCC(C)(C)NC[C@H](O)c2cccc(NS(=O)(=O)c3ccccc3)c2)c1. The minimum atomic E-state index is -3.72. The number of aliphatic hydroxyl groups is 1. The van der Waals surface area contributed by atoms with Gasteiger partial charge < -0.3 is 26.0 Å². The topological polar surface area (TPSA) is 138 Å². The summed E-state index contributed by atoms with van der Waals surface area (Å²) in [6, 6.07) is 22.3. The number of β-amino-alcohol motifs (C(OH)–C–C–N with tert-alkyl or cyclic N) is 1. The van der Waals surface area contributed by atoms with Crippen LogP contribution in [-0.2, 0) is 21.4 Å². The molecule has 0 radical (unpaired) electrons. The highest BCUT2D eigenvalue weighted by Crippen LogP contribution is 2.24. The van der Waals surface area contributed by atoms with Crippen LogP contribution in [0.4, 0.5) is 11.4 Å². The van der Waals surface area contributed by atoms with Crippen LogP contribution in [0.3, 0.4) is 0 Å². The van der Waals surface area contributed by atoms with Gasteiger partial charge in [-0.05, 0) is 80.8 Å². The van der Waals surface area contributed by atoms with E-state index in [-0.39, 0.29) is 16.3 Å². The summed E-state index contributed by atoms with van der Waals surface area (Å²) in [5.41, 5.74) is 8.45. The second-order valence-corrected chi connectivity index (χ2v) is 12.9. The van der Waals surface area contributed by atoms with E-state index in [1.807, 2.05) is 37.4 Å². The summed E-state index contributed by atoms with van der Waals surface area (Å²) in [6.45, 7) is 7.23. The third-order valence-electron chi connectivity index (χ3n) is 7.30. The van der Waals surface area contributed by atoms with Crippen molar-refractivity contribution >= 4 is 38.2 Å². The van der Waals surface area contributed by atoms with Crippen LogP contribution in [0.5, 0.6) is 0 Å². The number of sulfonamides is 1. The van der Waals surface area contributed by atoms with Crippen LogP contribution in [0.15, 0.2) is 90.0 Å². The maximum Gasteiger partial charge on any atom is 0.261 e. The number of carbonyl (C=O) groups is 1. The Kier molecular flexibility index (Phi) is 10.1. The molecule has 1 heterocycles. The maximum absolute atomic E-state index is 12.7. The van der Waals surface area contributed by atoms with Crippen molar-refractivity contribution in [2.75, 3.05) is 16.6 Å². The summed E-state index contributed by atoms with van der Waals surface area (Å²) in [7, 11) is -3.72. The van der Waals surface area contributed by atoms with Gasteiger partial charge in [0.15, 0.2) is 0 Å². The van der Waals surface area contributed by atoms with Gasteiger partial charge in [-0.1, -0.05) is 43.7 Å². The fraction of sp³-hybridized carbons (Fsp3) is 0.344. The van der Waals surface area contributed by atoms with Crippen molar-refractivity contribution in [2.24, 2.45) is 5.73 Å². The second kappa shape index (κ2) is 13.5. The number of rotatable bonds is 14. The van der Waals surface area contributed by atoms with E-state index in [0.717, 1.165) is 36.0 Å². The number of hydrogen-bond acceptors (Lipinski definition) is 6. The number of benzene rings is 3. The Bertz CT molecular complexity index is 1600. The minimum Gasteiger partial charge on any atom is -0.387 e. The quantitative estimate of drug-likeness (QED) is 0.140. The van der Waals surface area contributed by atoms with Gasteiger partial charge in [0.25, 0.3) is 10.0 Å². The molecule has 4 rings (SSSR count). The molecule has 4 aromatic rings. The van der Waals surface area contributed by atoms with Crippen molar-refractivity contribution in [3.63, 3.8) is 0 Å². The van der Waals surface area contributed by atoms with Gasteiger partial charge in [-0.15, -0.1) is 0 Å². The number of aromatic nitrogens is 1. The van der Waals surface area contributed by atoms with E-state index < -0.39 is 22.2 Å². The van der Waals surface area contributed by atoms with Gasteiger partial charge in [-0.2, -0.15) is 0 Å². The molecule has 3 aromatic carbocycles. The van der Waals surface area contributed by atoms with Crippen LogP contribution < -0.4 is 21.1 Å². The number of aliphatic hydroxyl groups excluding tert-OH is 1. The third-order valence-corrected chi connectivity index (χ3v) is 8.70. The van der Waals surface area contributed by atoms with Crippen molar-refractivity contribution in [2.45, 2.75) is 69.2 Å². The van der Waals surface area contributed by atoms with Crippen LogP contribution >= 0.6 is 0 Å². The van der Waals surface area contributed by atoms with Crippen molar-refractivity contribution < 1.29 is 18.3 Å². The average molecular weight is 592 g/mol. The molecule has 0 saturated carbocycles. The van der Waals surface area contributed by atoms with Crippen LogP contribution in [0.1, 0.15) is 51.7 Å². The second-order valence-electron chi connectivity index (χ2n) is 11.2. The predicted molar refractivity (Wildman–Crippen MR) is 169 cm³/mol. The van der Waals surface area contributed by atoms with E-state index in [1.54, 1.807) is 42.5 Å². The lowest BCUT2D eigenvalue weighted by Crippen LogP contribution is -2.42. The van der Waals surface area contributed by atoms with Crippen LogP contribution in [-0.4, -0.2) is 42.1 Å². The molecule has 0 aliphatic carbocycles. The first kappa shape index (κ1) is 31.2. The highest BCUT2D eigenvalue weighted by atomic mass is 32.2. The summed E-state index contributed by atoms with van der Waals surface area (Å²) >= 11 is 0. The van der Waals surface area contributed by atoms with Gasteiger partial charge in [0.05, 0.1) is 17.0 Å². The minimum absolute atomic E-state index is 0.175. The van der Waals surface area contributed by atoms with Gasteiger partial charge in [-0.3, -0.25) is 9.52 Å². The lowest BCUT2D eigenvalue weighted by Gasteiger charge is -2.28. The van der Waals surface area contributed by atoms with Gasteiger partial charge in [-0.25, -0.2) is 8.42 Å². The van der Waals surface area contributed by atoms with Crippen molar-refractivity contribution in [3.8, 4) is 0 Å². The zero-order valence-corrected chi connectivity index (χ0v) is 25.2. The number of fused-ring (bicyclic) bond motifs is 1. The molecule has 0 bridgehead atoms. The molecule has 42 heavy (non-hydrogen) atoms. The Labute approximate surface area is 248 Å². The smallest absolute Gasteiger partial charge is 0.261 e. The molecule has 1 aromatic heterocycles. The molecule has 0 aliphatic rings. The highest BCUT2D eigenvalue weighted by Gasteiger charge is 2.21. The van der Waals surface area contributed by atoms with E-state index >= 15 is 0 Å². The Morgan fingerprint density at radius 3 is 2.50 bits per heavy atom. The molecule has 9 nitrogen and oxygen atoms in total. The van der Waals surface area contributed by atoms with E-state index in [1.165, 1.54) is 12.1 Å². The first-order valence-electron chi connectivity index (χ1n) is 14.2. The van der Waals surface area contributed by atoms with Gasteiger partial charge in [0, 0.05) is 47.1 Å². The number of anilines is 2. The molecule has 0 unspecified atom stereocenters. The van der Waals surface area contributed by atoms with Crippen molar-refractivity contribution in [1.82, 2.24) is 9.88 Å². The van der Waals surface area contributed by atoms with Crippen LogP contribution in [0, 0.1) is 0 Å². The van der Waals surface area contributed by atoms with E-state index in [9.17, 15) is 18.3 Å². The fourth-order valence-corrected chi connectivity index (χ4v) is 5.82. The molecule has 0 saturated heterocycles. The monoisotopic (exact) mass is 591 g/mol. The molecule has 224 valence electrons. The van der Waals surface area contributed by atoms with Crippen molar-refractivity contribution in [3.05, 3.63) is 90.6 Å². The predicted octanol–water partition coefficient (Wildman–Crippen LogP) is 5.00. The molecular weight excluding hydrogens is 550 g/mol. The third kappa shape index (κ3) is 8.19. The van der Waals surface area contributed by atoms with Crippen LogP contribution in [0.2, 0.25) is 0 Å². The summed E-state index contributed by atoms with van der Waals surface area (Å²) in [4.78, 5) is 12.5. The number of amides is 1. The lowest BCUT2D eigenvalue weighted by atomic mass is 9.99. The molecule has 2 atom stereocenters. The summed E-state index contributed by atoms with van der Waals surface area (Å²) < 4.78 is 30.1. The standard InChI is InChI=1S/C32H41N5O4S/c1-4-9-28(33)31(39)35-25-14-15-29-23(20-25)16-18-37(29)19-17-32(2,3)34-22-30(38)24-10-8-11-26(21-24)36-42(40,41)27-12-6-5-7-13-27/h5-8,10-16,18,20-21,28,30,34,36,38H,4,9,17,19,22,33H2,1-3H3,(H,35,39)/t28-,30-/m0/s1. The Morgan fingerprint density at radius 2 is 1.76 bits per heavy atom. The number of aryl methyl sites for hydroxylation is 1. The maximum atomic E-state index is 12.7. The molecule has 0 spiro atoms. The Morgan fingerprint density at radius 1 is 1.00 bits per heavy atom. The van der Waals surface area contributed by atoms with Gasteiger partial charge in [0.2, 0.25) is 5.91 Å². The average Bonchev–Trinajstić information content (AvgIpc) is 3.37. The molecule has 10 heteroatoms. The number of hydrogen-bond donors (Lipinski definition) is 5. The largest absolute Gasteiger partial charge is 0.387 e. The van der Waals surface area contributed by atoms with Gasteiger partial charge in [0.1, 0.15) is 0 Å². The Balaban J connectivity index is 1.32. The summed E-state index contributed by atoms with van der Waals surface area (Å²) in [5.74, 6) is -0.175. The first-order chi connectivity index (χ1) is 20.0. The molecule has 1 amide bonds. The summed E-state index contributed by atoms with van der Waals surface area (Å²) in [6.07, 6.45) is 3.51. The number of nitrogens with one attached hydrogen (secondary N) is 3. The first-order valence-corrected chi connectivity index (χ1v) is 15.7. The Hall–Kier alpha value is -3.70. The lowest BCUT2D eigenvalue weighted by molar-refractivity contribution is -0.117. The number of carbonyl (C=O) groups excluding carboxylic acids is 1. The zero-order chi connectivity index (χ0) is 30.3. The van der Waals surface area contributed by atoms with E-state index in [0.29, 0.717) is 24.2 Å². The fourth-order valence-electron chi connectivity index (χ4n) is 4.75. The normalized spacial score (nSPS) is 13.5. The number of nitrogens with two attached hydrogens (primary N) is 1. The molecular formula is C32H41N5O4S.